The first-order valence-electron chi connectivity index (χ1n) is 6.02. The molecule has 0 radical (unpaired) electrons. The van der Waals surface area contributed by atoms with E-state index >= 15 is 0 Å². The van der Waals surface area contributed by atoms with Crippen molar-refractivity contribution in [2.75, 3.05) is 12.8 Å². The van der Waals surface area contributed by atoms with Gasteiger partial charge in [-0.05, 0) is 35.9 Å². The molecular formula is C15H14ClFN2O. The van der Waals surface area contributed by atoms with Gasteiger partial charge in [0.05, 0.1) is 5.69 Å². The van der Waals surface area contributed by atoms with Crippen molar-refractivity contribution < 1.29 is 9.18 Å². The zero-order valence-electron chi connectivity index (χ0n) is 10.9. The number of hydrogen-bond acceptors (Lipinski definition) is 2. The minimum atomic E-state index is -0.526. The number of amides is 1. The number of nitrogens with zero attached hydrogens (tertiary/aromatic N) is 1. The number of carbonyl (C=O) groups is 1. The van der Waals surface area contributed by atoms with Crippen molar-refractivity contribution in [3.05, 3.63) is 64.4 Å². The summed E-state index contributed by atoms with van der Waals surface area (Å²) >= 11 is 5.81. The standard InChI is InChI=1S/C15H14ClFN2O/c1-19(9-10-2-5-12(16)6-3-10)15(20)11-4-7-13(17)14(18)8-11/h2-8H,9,18H2,1H3. The quantitative estimate of drug-likeness (QED) is 0.882. The summed E-state index contributed by atoms with van der Waals surface area (Å²) in [5.41, 5.74) is 6.76. The summed E-state index contributed by atoms with van der Waals surface area (Å²) in [7, 11) is 1.68. The normalized spacial score (nSPS) is 10.3. The molecule has 0 spiro atoms. The van der Waals surface area contributed by atoms with Gasteiger partial charge in [-0.25, -0.2) is 4.39 Å². The van der Waals surface area contributed by atoms with E-state index < -0.39 is 5.82 Å². The van der Waals surface area contributed by atoms with Crippen molar-refractivity contribution in [1.82, 2.24) is 4.90 Å². The van der Waals surface area contributed by atoms with Crippen molar-refractivity contribution in [2.45, 2.75) is 6.54 Å². The number of halogens is 2. The van der Waals surface area contributed by atoms with E-state index in [1.807, 2.05) is 12.1 Å². The van der Waals surface area contributed by atoms with Crippen LogP contribution in [0.5, 0.6) is 0 Å². The molecule has 104 valence electrons. The number of nitrogen functional groups attached to an aromatic ring is 1. The fourth-order valence-corrected chi connectivity index (χ4v) is 1.96. The van der Waals surface area contributed by atoms with Crippen LogP contribution in [0.15, 0.2) is 42.5 Å². The van der Waals surface area contributed by atoms with Crippen molar-refractivity contribution >= 4 is 23.2 Å². The molecule has 0 heterocycles. The van der Waals surface area contributed by atoms with Gasteiger partial charge in [-0.3, -0.25) is 4.79 Å². The maximum atomic E-state index is 13.1. The molecule has 2 aromatic carbocycles. The lowest BCUT2D eigenvalue weighted by atomic mass is 10.1. The summed E-state index contributed by atoms with van der Waals surface area (Å²) in [6, 6.07) is 11.2. The van der Waals surface area contributed by atoms with E-state index in [1.54, 1.807) is 19.2 Å². The summed E-state index contributed by atoms with van der Waals surface area (Å²) in [5, 5.41) is 0.647. The highest BCUT2D eigenvalue weighted by Gasteiger charge is 2.13. The summed E-state index contributed by atoms with van der Waals surface area (Å²) in [5.74, 6) is -0.742. The third kappa shape index (κ3) is 3.27. The Labute approximate surface area is 121 Å². The average Bonchev–Trinajstić information content (AvgIpc) is 2.43. The molecular weight excluding hydrogens is 279 g/mol. The Hall–Kier alpha value is -2.07. The minimum Gasteiger partial charge on any atom is -0.396 e. The summed E-state index contributed by atoms with van der Waals surface area (Å²) < 4.78 is 13.1. The first-order valence-corrected chi connectivity index (χ1v) is 6.40. The Morgan fingerprint density at radius 2 is 1.90 bits per heavy atom. The van der Waals surface area contributed by atoms with Crippen LogP contribution in [0, 0.1) is 5.82 Å². The molecule has 1 amide bonds. The highest BCUT2D eigenvalue weighted by Crippen LogP contribution is 2.16. The molecule has 0 saturated heterocycles. The second kappa shape index (κ2) is 5.92. The van der Waals surface area contributed by atoms with Crippen LogP contribution in [0.4, 0.5) is 10.1 Å². The van der Waals surface area contributed by atoms with Crippen molar-refractivity contribution in [3.63, 3.8) is 0 Å². The molecule has 0 fully saturated rings. The lowest BCUT2D eigenvalue weighted by Crippen LogP contribution is -2.26. The van der Waals surface area contributed by atoms with Crippen LogP contribution in [0.1, 0.15) is 15.9 Å². The number of nitrogens with two attached hydrogens (primary N) is 1. The van der Waals surface area contributed by atoms with Crippen molar-refractivity contribution in [2.24, 2.45) is 0 Å². The summed E-state index contributed by atoms with van der Waals surface area (Å²) in [6.45, 7) is 0.438. The van der Waals surface area contributed by atoms with E-state index in [0.29, 0.717) is 17.1 Å². The molecule has 3 nitrogen and oxygen atoms in total. The van der Waals surface area contributed by atoms with E-state index in [9.17, 15) is 9.18 Å². The molecule has 20 heavy (non-hydrogen) atoms. The third-order valence-corrected chi connectivity index (χ3v) is 3.17. The molecule has 0 atom stereocenters. The van der Waals surface area contributed by atoms with Crippen LogP contribution in [-0.2, 0) is 6.54 Å². The van der Waals surface area contributed by atoms with Gasteiger partial charge >= 0.3 is 0 Å². The van der Waals surface area contributed by atoms with Crippen LogP contribution in [0.3, 0.4) is 0 Å². The van der Waals surface area contributed by atoms with E-state index in [0.717, 1.165) is 5.56 Å². The summed E-state index contributed by atoms with van der Waals surface area (Å²) in [6.07, 6.45) is 0. The van der Waals surface area contributed by atoms with E-state index in [1.165, 1.54) is 23.1 Å². The van der Waals surface area contributed by atoms with Crippen molar-refractivity contribution in [1.29, 1.82) is 0 Å². The SMILES string of the molecule is CN(Cc1ccc(Cl)cc1)C(=O)c1ccc(F)c(N)c1. The molecule has 0 aliphatic rings. The maximum Gasteiger partial charge on any atom is 0.253 e. The van der Waals surface area contributed by atoms with Crippen LogP contribution >= 0.6 is 11.6 Å². The van der Waals surface area contributed by atoms with Gasteiger partial charge in [-0.15, -0.1) is 0 Å². The molecule has 0 aliphatic heterocycles. The summed E-state index contributed by atoms with van der Waals surface area (Å²) in [4.78, 5) is 13.7. The van der Waals surface area contributed by atoms with Gasteiger partial charge in [0, 0.05) is 24.2 Å². The lowest BCUT2D eigenvalue weighted by Gasteiger charge is -2.17. The van der Waals surface area contributed by atoms with Gasteiger partial charge in [0.25, 0.3) is 5.91 Å². The molecule has 2 N–H and O–H groups in total. The number of benzene rings is 2. The van der Waals surface area contributed by atoms with Crippen LogP contribution in [-0.4, -0.2) is 17.9 Å². The second-order valence-corrected chi connectivity index (χ2v) is 4.96. The van der Waals surface area contributed by atoms with Crippen LogP contribution in [0.2, 0.25) is 5.02 Å². The molecule has 2 rings (SSSR count). The molecule has 5 heteroatoms. The molecule has 0 aromatic heterocycles. The van der Waals surface area contributed by atoms with E-state index in [-0.39, 0.29) is 11.6 Å². The number of hydrogen-bond donors (Lipinski definition) is 1. The van der Waals surface area contributed by atoms with Gasteiger partial charge < -0.3 is 10.6 Å². The molecule has 2 aromatic rings. The number of rotatable bonds is 3. The Morgan fingerprint density at radius 3 is 2.50 bits per heavy atom. The topological polar surface area (TPSA) is 46.3 Å². The molecule has 0 bridgehead atoms. The molecule has 0 unspecified atom stereocenters. The monoisotopic (exact) mass is 292 g/mol. The Bertz CT molecular complexity index is 628. The largest absolute Gasteiger partial charge is 0.396 e. The van der Waals surface area contributed by atoms with Crippen molar-refractivity contribution in [3.8, 4) is 0 Å². The number of anilines is 1. The Balaban J connectivity index is 2.11. The first kappa shape index (κ1) is 14.3. The Morgan fingerprint density at radius 1 is 1.25 bits per heavy atom. The average molecular weight is 293 g/mol. The third-order valence-electron chi connectivity index (χ3n) is 2.92. The zero-order chi connectivity index (χ0) is 14.7. The lowest BCUT2D eigenvalue weighted by molar-refractivity contribution is 0.0785. The van der Waals surface area contributed by atoms with E-state index in [4.69, 9.17) is 17.3 Å². The minimum absolute atomic E-state index is 0.0317. The first-order chi connectivity index (χ1) is 9.47. The van der Waals surface area contributed by atoms with Gasteiger partial charge in [0.2, 0.25) is 0 Å². The smallest absolute Gasteiger partial charge is 0.253 e. The fraction of sp³-hybridized carbons (Fsp3) is 0.133. The maximum absolute atomic E-state index is 13.1. The predicted octanol–water partition coefficient (Wildman–Crippen LogP) is 3.33. The fourth-order valence-electron chi connectivity index (χ4n) is 1.83. The molecule has 0 saturated carbocycles. The highest BCUT2D eigenvalue weighted by molar-refractivity contribution is 6.30. The zero-order valence-corrected chi connectivity index (χ0v) is 11.7. The van der Waals surface area contributed by atoms with E-state index in [2.05, 4.69) is 0 Å². The van der Waals surface area contributed by atoms with Gasteiger partial charge in [-0.2, -0.15) is 0 Å². The van der Waals surface area contributed by atoms with Gasteiger partial charge in [0.15, 0.2) is 0 Å². The predicted molar refractivity (Wildman–Crippen MR) is 78.1 cm³/mol. The van der Waals surface area contributed by atoms with Crippen LogP contribution in [0.25, 0.3) is 0 Å². The van der Waals surface area contributed by atoms with Gasteiger partial charge in [0.1, 0.15) is 5.82 Å². The number of carbonyl (C=O) groups excluding carboxylic acids is 1. The highest BCUT2D eigenvalue weighted by atomic mass is 35.5. The second-order valence-electron chi connectivity index (χ2n) is 4.52. The molecule has 0 aliphatic carbocycles. The Kier molecular flexibility index (Phi) is 4.25. The van der Waals surface area contributed by atoms with Gasteiger partial charge in [-0.1, -0.05) is 23.7 Å². The van der Waals surface area contributed by atoms with Crippen LogP contribution < -0.4 is 5.73 Å².